The molecule has 0 aromatic carbocycles. The molecule has 0 aliphatic carbocycles. The van der Waals surface area contributed by atoms with Crippen LogP contribution in [0.4, 0.5) is 0 Å². The van der Waals surface area contributed by atoms with Gasteiger partial charge in [-0.2, -0.15) is 0 Å². The summed E-state index contributed by atoms with van der Waals surface area (Å²) < 4.78 is 0. The predicted molar refractivity (Wildman–Crippen MR) is 61.9 cm³/mol. The lowest BCUT2D eigenvalue weighted by atomic mass is 9.77. The summed E-state index contributed by atoms with van der Waals surface area (Å²) in [4.78, 5) is 0. The SMILES string of the molecule is C=P1(C)CCC(C(C)(C)C)CC1. The summed E-state index contributed by atoms with van der Waals surface area (Å²) in [6, 6.07) is 0. The molecule has 12 heavy (non-hydrogen) atoms. The van der Waals surface area contributed by atoms with Gasteiger partial charge in [-0.05, 0) is 43.2 Å². The van der Waals surface area contributed by atoms with E-state index in [-0.39, 0.29) is 0 Å². The van der Waals surface area contributed by atoms with E-state index in [1.807, 2.05) is 0 Å². The molecule has 0 atom stereocenters. The van der Waals surface area contributed by atoms with Crippen molar-refractivity contribution in [1.82, 2.24) is 0 Å². The molecule has 1 aliphatic heterocycles. The minimum absolute atomic E-state index is 0.528. The van der Waals surface area contributed by atoms with Crippen LogP contribution in [-0.4, -0.2) is 25.3 Å². The molecule has 0 saturated carbocycles. The summed E-state index contributed by atoms with van der Waals surface area (Å²) in [5.74, 6) is 0.951. The zero-order valence-corrected chi connectivity index (χ0v) is 9.95. The van der Waals surface area contributed by atoms with Gasteiger partial charge >= 0.3 is 0 Å². The first kappa shape index (κ1) is 10.4. The summed E-state index contributed by atoms with van der Waals surface area (Å²) >= 11 is 0. The van der Waals surface area contributed by atoms with Gasteiger partial charge < -0.3 is 0 Å². The van der Waals surface area contributed by atoms with E-state index >= 15 is 0 Å². The first-order chi connectivity index (χ1) is 5.31. The average molecular weight is 186 g/mol. The Kier molecular flexibility index (Phi) is 2.78. The summed E-state index contributed by atoms with van der Waals surface area (Å²) in [7, 11) is 0. The minimum atomic E-state index is -0.694. The van der Waals surface area contributed by atoms with Crippen molar-refractivity contribution in [2.45, 2.75) is 33.6 Å². The zero-order valence-electron chi connectivity index (χ0n) is 9.06. The molecule has 1 rings (SSSR count). The van der Waals surface area contributed by atoms with E-state index in [1.54, 1.807) is 0 Å². The van der Waals surface area contributed by atoms with Crippen LogP contribution in [0, 0.1) is 11.3 Å². The van der Waals surface area contributed by atoms with E-state index < -0.39 is 6.89 Å². The Morgan fingerprint density at radius 1 is 1.17 bits per heavy atom. The highest BCUT2D eigenvalue weighted by atomic mass is 31.2. The molecule has 1 aliphatic rings. The van der Waals surface area contributed by atoms with Gasteiger partial charge in [0, 0.05) is 0 Å². The van der Waals surface area contributed by atoms with E-state index in [0.29, 0.717) is 5.41 Å². The monoisotopic (exact) mass is 186 g/mol. The van der Waals surface area contributed by atoms with Gasteiger partial charge in [-0.25, -0.2) is 0 Å². The molecule has 0 N–H and O–H groups in total. The molecule has 0 nitrogen and oxygen atoms in total. The van der Waals surface area contributed by atoms with Gasteiger partial charge in [0.2, 0.25) is 0 Å². The van der Waals surface area contributed by atoms with Crippen molar-refractivity contribution >= 4 is 13.2 Å². The van der Waals surface area contributed by atoms with Crippen LogP contribution in [0.25, 0.3) is 0 Å². The van der Waals surface area contributed by atoms with E-state index in [9.17, 15) is 0 Å². The average Bonchev–Trinajstić information content (AvgIpc) is 1.83. The molecule has 0 aromatic heterocycles. The highest BCUT2D eigenvalue weighted by Crippen LogP contribution is 2.50. The molecule has 1 fully saturated rings. The Hall–Kier alpha value is 0.300. The van der Waals surface area contributed by atoms with Crippen LogP contribution in [0.2, 0.25) is 0 Å². The van der Waals surface area contributed by atoms with Gasteiger partial charge in [0.05, 0.1) is 0 Å². The Morgan fingerprint density at radius 2 is 1.58 bits per heavy atom. The predicted octanol–water partition coefficient (Wildman–Crippen LogP) is 3.52. The summed E-state index contributed by atoms with van der Waals surface area (Å²) in [6.07, 6.45) is 10.1. The van der Waals surface area contributed by atoms with Crippen molar-refractivity contribution in [3.8, 4) is 0 Å². The first-order valence-corrected chi connectivity index (χ1v) is 7.79. The van der Waals surface area contributed by atoms with Gasteiger partial charge in [0.25, 0.3) is 0 Å². The van der Waals surface area contributed by atoms with E-state index in [2.05, 4.69) is 33.7 Å². The Labute approximate surface area is 77.7 Å². The van der Waals surface area contributed by atoms with Crippen molar-refractivity contribution in [2.75, 3.05) is 19.0 Å². The van der Waals surface area contributed by atoms with Crippen LogP contribution in [0.15, 0.2) is 0 Å². The molecule has 0 bridgehead atoms. The van der Waals surface area contributed by atoms with Gasteiger partial charge in [0.15, 0.2) is 0 Å². The van der Waals surface area contributed by atoms with Gasteiger partial charge in [-0.1, -0.05) is 20.8 Å². The molecule has 0 unspecified atom stereocenters. The molecule has 0 amide bonds. The van der Waals surface area contributed by atoms with Gasteiger partial charge in [-0.3, -0.25) is 0 Å². The normalized spacial score (nSPS) is 38.2. The second-order valence-corrected chi connectivity index (χ2v) is 9.84. The van der Waals surface area contributed by atoms with Crippen LogP contribution in [0.5, 0.6) is 0 Å². The highest BCUT2D eigenvalue weighted by molar-refractivity contribution is 7.73. The summed E-state index contributed by atoms with van der Waals surface area (Å²) in [5, 5.41) is 0. The maximum atomic E-state index is 4.36. The Bertz CT molecular complexity index is 186. The quantitative estimate of drug-likeness (QED) is 0.508. The molecule has 0 radical (unpaired) electrons. The second-order valence-electron chi connectivity index (χ2n) is 5.71. The third kappa shape index (κ3) is 2.66. The Balaban J connectivity index is 2.53. The van der Waals surface area contributed by atoms with Crippen LogP contribution >= 0.6 is 6.89 Å². The molecule has 0 spiro atoms. The van der Waals surface area contributed by atoms with Crippen molar-refractivity contribution in [1.29, 1.82) is 0 Å². The molecular formula is C11H23P. The van der Waals surface area contributed by atoms with Crippen LogP contribution < -0.4 is 0 Å². The molecular weight excluding hydrogens is 163 g/mol. The third-order valence-electron chi connectivity index (χ3n) is 3.26. The molecule has 1 saturated heterocycles. The fourth-order valence-corrected chi connectivity index (χ4v) is 4.15. The van der Waals surface area contributed by atoms with Crippen LogP contribution in [0.3, 0.4) is 0 Å². The highest BCUT2D eigenvalue weighted by Gasteiger charge is 2.29. The first-order valence-electron chi connectivity index (χ1n) is 5.00. The fraction of sp³-hybridized carbons (Fsp3) is 0.909. The number of rotatable bonds is 0. The molecule has 72 valence electrons. The number of hydrogen-bond donors (Lipinski definition) is 0. The molecule has 1 heteroatoms. The maximum absolute atomic E-state index is 4.36. The lowest BCUT2D eigenvalue weighted by molar-refractivity contribution is 0.224. The summed E-state index contributed by atoms with van der Waals surface area (Å²) in [6.45, 7) is 8.85. The standard InChI is InChI=1S/C11H23P/c1-11(2,3)10-6-8-12(4,5)9-7-10/h10H,4,6-9H2,1-3,5H3. The van der Waals surface area contributed by atoms with E-state index in [0.717, 1.165) is 5.92 Å². The Morgan fingerprint density at radius 3 is 1.92 bits per heavy atom. The summed E-state index contributed by atoms with van der Waals surface area (Å²) in [5.41, 5.74) is 0.528. The molecule has 0 aromatic rings. The van der Waals surface area contributed by atoms with Crippen LogP contribution in [0.1, 0.15) is 33.6 Å². The van der Waals surface area contributed by atoms with Crippen molar-refractivity contribution < 1.29 is 0 Å². The van der Waals surface area contributed by atoms with E-state index in [1.165, 1.54) is 25.2 Å². The van der Waals surface area contributed by atoms with Crippen molar-refractivity contribution in [2.24, 2.45) is 11.3 Å². The minimum Gasteiger partial charge on any atom is -0.115 e. The van der Waals surface area contributed by atoms with Gasteiger partial charge in [0.1, 0.15) is 0 Å². The molecule has 1 heterocycles. The third-order valence-corrected chi connectivity index (χ3v) is 5.94. The largest absolute Gasteiger partial charge is 0.115 e. The smallest absolute Gasteiger partial charge is 0.0332 e. The lowest BCUT2D eigenvalue weighted by Gasteiger charge is -2.38. The van der Waals surface area contributed by atoms with Crippen LogP contribution in [-0.2, 0) is 0 Å². The second kappa shape index (κ2) is 3.22. The fourth-order valence-electron chi connectivity index (χ4n) is 2.06. The zero-order chi connectivity index (χ0) is 9.41. The van der Waals surface area contributed by atoms with E-state index in [4.69, 9.17) is 0 Å². The topological polar surface area (TPSA) is 0 Å². The lowest BCUT2D eigenvalue weighted by Crippen LogP contribution is -2.26. The van der Waals surface area contributed by atoms with Gasteiger partial charge in [-0.15, -0.1) is 13.2 Å². The van der Waals surface area contributed by atoms with Crippen molar-refractivity contribution in [3.63, 3.8) is 0 Å². The van der Waals surface area contributed by atoms with Crippen molar-refractivity contribution in [3.05, 3.63) is 0 Å². The number of hydrogen-bond acceptors (Lipinski definition) is 0. The maximum Gasteiger partial charge on any atom is -0.0332 e.